The Hall–Kier alpha value is -1.29. The number of aryl methyl sites for hydroxylation is 1. The number of rotatable bonds is 4. The van der Waals surface area contributed by atoms with E-state index < -0.39 is 0 Å². The van der Waals surface area contributed by atoms with Crippen LogP contribution in [-0.2, 0) is 18.4 Å². The highest BCUT2D eigenvalue weighted by molar-refractivity contribution is 5.78. The van der Waals surface area contributed by atoms with Crippen molar-refractivity contribution in [2.45, 2.75) is 53.1 Å². The molecule has 0 aliphatic carbocycles. The van der Waals surface area contributed by atoms with Gasteiger partial charge >= 0.3 is 0 Å². The Morgan fingerprint density at radius 1 is 1.33 bits per heavy atom. The number of carbonyl (C=O) groups excluding carboxylic acids is 1. The van der Waals surface area contributed by atoms with Crippen LogP contribution in [0.15, 0.2) is 6.07 Å². The summed E-state index contributed by atoms with van der Waals surface area (Å²) in [4.78, 5) is 14.0. The summed E-state index contributed by atoms with van der Waals surface area (Å²) in [7, 11) is 2.12. The predicted molar refractivity (Wildman–Crippen MR) is 86.2 cm³/mol. The minimum atomic E-state index is 0.115. The number of likely N-dealkylation sites (tertiary alicyclic amines) is 1. The van der Waals surface area contributed by atoms with Crippen molar-refractivity contribution >= 4 is 5.91 Å². The number of nitrogens with one attached hydrogen (secondary N) is 1. The van der Waals surface area contributed by atoms with Gasteiger partial charge in [0.2, 0.25) is 5.91 Å². The van der Waals surface area contributed by atoms with Crippen LogP contribution in [-0.4, -0.2) is 34.5 Å². The van der Waals surface area contributed by atoms with E-state index in [1.54, 1.807) is 0 Å². The molecule has 1 aliphatic heterocycles. The van der Waals surface area contributed by atoms with Gasteiger partial charge in [-0.3, -0.25) is 4.79 Å². The highest BCUT2D eigenvalue weighted by Gasteiger charge is 2.24. The lowest BCUT2D eigenvalue weighted by Gasteiger charge is -2.33. The fourth-order valence-electron chi connectivity index (χ4n) is 3.04. The molecule has 1 aliphatic rings. The van der Waals surface area contributed by atoms with E-state index in [1.807, 2.05) is 18.7 Å². The van der Waals surface area contributed by atoms with Crippen molar-refractivity contribution in [2.24, 2.45) is 13.0 Å². The molecule has 0 atom stereocenters. The molecule has 2 heterocycles. The molecule has 1 amide bonds. The lowest BCUT2D eigenvalue weighted by atomic mass is 10.0. The minimum absolute atomic E-state index is 0.115. The molecule has 0 spiro atoms. The number of carbonyl (C=O) groups is 1. The van der Waals surface area contributed by atoms with Crippen molar-refractivity contribution in [1.29, 1.82) is 0 Å². The molecule has 1 aromatic rings. The van der Waals surface area contributed by atoms with Gasteiger partial charge in [0.05, 0.1) is 0 Å². The summed E-state index contributed by atoms with van der Waals surface area (Å²) in [5, 5.41) is 3.66. The molecule has 118 valence electrons. The highest BCUT2D eigenvalue weighted by atomic mass is 16.2. The van der Waals surface area contributed by atoms with Gasteiger partial charge in [-0.05, 0) is 38.3 Å². The largest absolute Gasteiger partial charge is 0.352 e. The summed E-state index contributed by atoms with van der Waals surface area (Å²) in [6, 6.07) is 2.79. The van der Waals surface area contributed by atoms with Gasteiger partial charge in [-0.2, -0.15) is 0 Å². The van der Waals surface area contributed by atoms with Crippen molar-refractivity contribution in [3.05, 3.63) is 23.0 Å². The van der Waals surface area contributed by atoms with Crippen molar-refractivity contribution < 1.29 is 4.79 Å². The standard InChI is InChI=1S/C17H29N3O/c1-12(2)17(21)20-8-6-16(7-9-20)18-11-15-10-13(3)19(5)14(15)4/h10,12,16,18H,6-9,11H2,1-5H3. The maximum Gasteiger partial charge on any atom is 0.225 e. The Balaban J connectivity index is 1.81. The Morgan fingerprint density at radius 3 is 2.43 bits per heavy atom. The minimum Gasteiger partial charge on any atom is -0.352 e. The molecule has 0 unspecified atom stereocenters. The average Bonchev–Trinajstić information content (AvgIpc) is 2.72. The van der Waals surface area contributed by atoms with Crippen molar-refractivity contribution in [3.63, 3.8) is 0 Å². The van der Waals surface area contributed by atoms with E-state index in [0.717, 1.165) is 32.5 Å². The molecule has 1 fully saturated rings. The van der Waals surface area contributed by atoms with Gasteiger partial charge in [0.1, 0.15) is 0 Å². The molecule has 0 radical (unpaired) electrons. The summed E-state index contributed by atoms with van der Waals surface area (Å²) in [6.45, 7) is 11.0. The van der Waals surface area contributed by atoms with E-state index in [1.165, 1.54) is 17.0 Å². The summed E-state index contributed by atoms with van der Waals surface area (Å²) in [6.07, 6.45) is 2.12. The lowest BCUT2D eigenvalue weighted by Crippen LogP contribution is -2.46. The van der Waals surface area contributed by atoms with E-state index in [4.69, 9.17) is 0 Å². The third kappa shape index (κ3) is 3.67. The van der Waals surface area contributed by atoms with E-state index in [0.29, 0.717) is 11.9 Å². The molecule has 21 heavy (non-hydrogen) atoms. The second-order valence-electron chi connectivity index (χ2n) is 6.59. The van der Waals surface area contributed by atoms with Crippen LogP contribution in [0.1, 0.15) is 43.6 Å². The molecule has 4 heteroatoms. The first-order chi connectivity index (χ1) is 9.90. The third-order valence-electron chi connectivity index (χ3n) is 4.76. The normalized spacial score (nSPS) is 16.8. The maximum atomic E-state index is 12.0. The van der Waals surface area contributed by atoms with E-state index >= 15 is 0 Å². The van der Waals surface area contributed by atoms with Crippen LogP contribution in [0.3, 0.4) is 0 Å². The number of hydrogen-bond acceptors (Lipinski definition) is 2. The molecule has 0 saturated carbocycles. The molecule has 4 nitrogen and oxygen atoms in total. The molecule has 0 aromatic carbocycles. The Kier molecular flexibility index (Phi) is 5.09. The quantitative estimate of drug-likeness (QED) is 0.925. The van der Waals surface area contributed by atoms with Crippen molar-refractivity contribution in [3.8, 4) is 0 Å². The number of aromatic nitrogens is 1. The van der Waals surface area contributed by atoms with Crippen LogP contribution < -0.4 is 5.32 Å². The Morgan fingerprint density at radius 2 is 1.95 bits per heavy atom. The fourth-order valence-corrected chi connectivity index (χ4v) is 3.04. The fraction of sp³-hybridized carbons (Fsp3) is 0.706. The van der Waals surface area contributed by atoms with Crippen LogP contribution >= 0.6 is 0 Å². The maximum absolute atomic E-state index is 12.0. The van der Waals surface area contributed by atoms with Crippen LogP contribution in [0.4, 0.5) is 0 Å². The van der Waals surface area contributed by atoms with Gasteiger partial charge in [0, 0.05) is 50.0 Å². The second kappa shape index (κ2) is 6.65. The van der Waals surface area contributed by atoms with Crippen LogP contribution in [0.2, 0.25) is 0 Å². The summed E-state index contributed by atoms with van der Waals surface area (Å²) in [5.74, 6) is 0.410. The number of amides is 1. The third-order valence-corrected chi connectivity index (χ3v) is 4.76. The number of piperidine rings is 1. The Bertz CT molecular complexity index is 496. The summed E-state index contributed by atoms with van der Waals surface area (Å²) < 4.78 is 2.24. The van der Waals surface area contributed by atoms with Gasteiger partial charge in [0.15, 0.2) is 0 Å². The SMILES string of the molecule is Cc1cc(CNC2CCN(C(=O)C(C)C)CC2)c(C)n1C. The van der Waals surface area contributed by atoms with Gasteiger partial charge in [-0.15, -0.1) is 0 Å². The van der Waals surface area contributed by atoms with Crippen molar-refractivity contribution in [1.82, 2.24) is 14.8 Å². The molecule has 1 N–H and O–H groups in total. The Labute approximate surface area is 128 Å². The van der Waals surface area contributed by atoms with E-state index in [9.17, 15) is 4.79 Å². The predicted octanol–water partition coefficient (Wildman–Crippen LogP) is 2.38. The number of nitrogens with zero attached hydrogens (tertiary/aromatic N) is 2. The smallest absolute Gasteiger partial charge is 0.225 e. The first-order valence-electron chi connectivity index (χ1n) is 8.04. The lowest BCUT2D eigenvalue weighted by molar-refractivity contribution is -0.135. The second-order valence-corrected chi connectivity index (χ2v) is 6.59. The van der Waals surface area contributed by atoms with E-state index in [2.05, 4.69) is 36.8 Å². The van der Waals surface area contributed by atoms with Gasteiger partial charge in [0.25, 0.3) is 0 Å². The zero-order valence-electron chi connectivity index (χ0n) is 14.1. The van der Waals surface area contributed by atoms with Crippen LogP contribution in [0.25, 0.3) is 0 Å². The molecular formula is C17H29N3O. The van der Waals surface area contributed by atoms with Gasteiger partial charge in [-0.1, -0.05) is 13.8 Å². The van der Waals surface area contributed by atoms with Crippen molar-refractivity contribution in [2.75, 3.05) is 13.1 Å². The zero-order valence-corrected chi connectivity index (χ0v) is 14.1. The first-order valence-corrected chi connectivity index (χ1v) is 8.04. The van der Waals surface area contributed by atoms with Gasteiger partial charge in [-0.25, -0.2) is 0 Å². The van der Waals surface area contributed by atoms with E-state index in [-0.39, 0.29) is 5.92 Å². The van der Waals surface area contributed by atoms with Gasteiger partial charge < -0.3 is 14.8 Å². The molecule has 1 aromatic heterocycles. The van der Waals surface area contributed by atoms with Crippen LogP contribution in [0.5, 0.6) is 0 Å². The highest BCUT2D eigenvalue weighted by Crippen LogP contribution is 2.16. The molecular weight excluding hydrogens is 262 g/mol. The summed E-state index contributed by atoms with van der Waals surface area (Å²) in [5.41, 5.74) is 4.03. The zero-order chi connectivity index (χ0) is 15.6. The number of hydrogen-bond donors (Lipinski definition) is 1. The monoisotopic (exact) mass is 291 g/mol. The average molecular weight is 291 g/mol. The molecule has 2 rings (SSSR count). The molecule has 0 bridgehead atoms. The van der Waals surface area contributed by atoms with Crippen LogP contribution in [0, 0.1) is 19.8 Å². The molecule has 1 saturated heterocycles. The topological polar surface area (TPSA) is 37.3 Å². The first kappa shape index (κ1) is 16.1. The summed E-state index contributed by atoms with van der Waals surface area (Å²) >= 11 is 0.